The number of benzene rings is 1. The van der Waals surface area contributed by atoms with Crippen LogP contribution in [0.1, 0.15) is 19.4 Å². The first-order valence-electron chi connectivity index (χ1n) is 5.68. The van der Waals surface area contributed by atoms with Crippen LogP contribution in [0.3, 0.4) is 0 Å². The summed E-state index contributed by atoms with van der Waals surface area (Å²) in [5.74, 6) is 0. The number of aromatic nitrogens is 2. The van der Waals surface area contributed by atoms with E-state index in [9.17, 15) is 0 Å². The zero-order valence-corrected chi connectivity index (χ0v) is 10.8. The molecule has 0 saturated carbocycles. The van der Waals surface area contributed by atoms with Crippen molar-refractivity contribution in [1.82, 2.24) is 15.1 Å². The van der Waals surface area contributed by atoms with Gasteiger partial charge in [-0.05, 0) is 23.8 Å². The molecule has 1 aromatic carbocycles. The van der Waals surface area contributed by atoms with Gasteiger partial charge in [0.25, 0.3) is 0 Å². The Bertz CT molecular complexity index is 477. The summed E-state index contributed by atoms with van der Waals surface area (Å²) in [6, 6.07) is 8.24. The Hall–Kier alpha value is -1.32. The van der Waals surface area contributed by atoms with Crippen molar-refractivity contribution in [3.63, 3.8) is 0 Å². The third-order valence-corrected chi connectivity index (χ3v) is 2.73. The van der Waals surface area contributed by atoms with Crippen molar-refractivity contribution in [2.75, 3.05) is 0 Å². The number of nitrogens with zero attached hydrogens (tertiary/aromatic N) is 2. The Morgan fingerprint density at radius 1 is 1.41 bits per heavy atom. The van der Waals surface area contributed by atoms with Crippen molar-refractivity contribution >= 4 is 11.6 Å². The van der Waals surface area contributed by atoms with Crippen LogP contribution in [0.2, 0.25) is 5.02 Å². The van der Waals surface area contributed by atoms with Gasteiger partial charge < -0.3 is 5.32 Å². The Morgan fingerprint density at radius 2 is 2.24 bits per heavy atom. The molecular formula is C13H16ClN3. The molecule has 0 amide bonds. The van der Waals surface area contributed by atoms with Crippen LogP contribution in [0.5, 0.6) is 0 Å². The van der Waals surface area contributed by atoms with E-state index in [1.165, 1.54) is 5.56 Å². The lowest BCUT2D eigenvalue weighted by atomic mass is 10.1. The number of halogens is 1. The topological polar surface area (TPSA) is 29.9 Å². The van der Waals surface area contributed by atoms with Gasteiger partial charge in [0.2, 0.25) is 0 Å². The van der Waals surface area contributed by atoms with Crippen LogP contribution in [0.15, 0.2) is 36.7 Å². The Balaban J connectivity index is 2.31. The quantitative estimate of drug-likeness (QED) is 0.903. The first-order valence-corrected chi connectivity index (χ1v) is 6.06. The molecule has 3 nitrogen and oxygen atoms in total. The normalized spacial score (nSPS) is 11.1. The molecule has 0 fully saturated rings. The average Bonchev–Trinajstić information content (AvgIpc) is 2.80. The van der Waals surface area contributed by atoms with Gasteiger partial charge in [-0.1, -0.05) is 31.5 Å². The fourth-order valence-electron chi connectivity index (χ4n) is 1.63. The maximum atomic E-state index is 6.03. The van der Waals surface area contributed by atoms with E-state index in [-0.39, 0.29) is 0 Å². The summed E-state index contributed by atoms with van der Waals surface area (Å²) in [4.78, 5) is 0. The van der Waals surface area contributed by atoms with E-state index in [4.69, 9.17) is 11.6 Å². The van der Waals surface area contributed by atoms with Crippen LogP contribution >= 0.6 is 11.6 Å². The lowest BCUT2D eigenvalue weighted by molar-refractivity contribution is 0.586. The Morgan fingerprint density at radius 3 is 2.88 bits per heavy atom. The minimum atomic E-state index is 0.455. The van der Waals surface area contributed by atoms with Crippen LogP contribution in [0, 0.1) is 0 Å². The first kappa shape index (κ1) is 12.1. The van der Waals surface area contributed by atoms with Gasteiger partial charge in [-0.2, -0.15) is 5.10 Å². The van der Waals surface area contributed by atoms with Crippen molar-refractivity contribution in [1.29, 1.82) is 0 Å². The molecule has 4 heteroatoms. The van der Waals surface area contributed by atoms with E-state index in [2.05, 4.69) is 24.3 Å². The first-order chi connectivity index (χ1) is 8.16. The summed E-state index contributed by atoms with van der Waals surface area (Å²) < 4.78 is 1.84. The van der Waals surface area contributed by atoms with Gasteiger partial charge in [0, 0.05) is 30.0 Å². The highest BCUT2D eigenvalue weighted by atomic mass is 35.5. The highest BCUT2D eigenvalue weighted by molar-refractivity contribution is 6.30. The molecule has 2 rings (SSSR count). The molecule has 0 aliphatic heterocycles. The number of hydrogen-bond donors (Lipinski definition) is 1. The van der Waals surface area contributed by atoms with Gasteiger partial charge in [0.15, 0.2) is 0 Å². The monoisotopic (exact) mass is 249 g/mol. The van der Waals surface area contributed by atoms with Gasteiger partial charge in [0.05, 0.1) is 5.69 Å². The molecule has 0 atom stereocenters. The zero-order valence-electron chi connectivity index (χ0n) is 10.0. The van der Waals surface area contributed by atoms with Crippen LogP contribution in [0.4, 0.5) is 0 Å². The van der Waals surface area contributed by atoms with Gasteiger partial charge in [-0.3, -0.25) is 0 Å². The molecule has 0 bridgehead atoms. The molecule has 0 saturated heterocycles. The van der Waals surface area contributed by atoms with E-state index in [1.54, 1.807) is 6.20 Å². The lowest BCUT2D eigenvalue weighted by Gasteiger charge is -2.13. The lowest BCUT2D eigenvalue weighted by Crippen LogP contribution is -2.22. The minimum absolute atomic E-state index is 0.455. The third-order valence-electron chi connectivity index (χ3n) is 2.50. The van der Waals surface area contributed by atoms with Crippen LogP contribution in [0.25, 0.3) is 5.69 Å². The predicted octanol–water partition coefficient (Wildman–Crippen LogP) is 3.02. The second kappa shape index (κ2) is 5.34. The second-order valence-electron chi connectivity index (χ2n) is 4.26. The smallest absolute Gasteiger partial charge is 0.0705 e. The van der Waals surface area contributed by atoms with Crippen molar-refractivity contribution in [3.8, 4) is 5.69 Å². The molecular weight excluding hydrogens is 234 g/mol. The van der Waals surface area contributed by atoms with E-state index in [1.807, 2.05) is 35.1 Å². The number of rotatable bonds is 4. The predicted molar refractivity (Wildman–Crippen MR) is 70.5 cm³/mol. The van der Waals surface area contributed by atoms with E-state index >= 15 is 0 Å². The van der Waals surface area contributed by atoms with Crippen LogP contribution in [-0.2, 0) is 6.54 Å². The SMILES string of the molecule is CC(C)NCc1ccc(Cl)cc1-n1cccn1. The molecule has 1 aromatic heterocycles. The summed E-state index contributed by atoms with van der Waals surface area (Å²) >= 11 is 6.03. The summed E-state index contributed by atoms with van der Waals surface area (Å²) in [5.41, 5.74) is 2.21. The summed E-state index contributed by atoms with van der Waals surface area (Å²) in [6.45, 7) is 5.07. The van der Waals surface area contributed by atoms with Crippen molar-refractivity contribution in [2.24, 2.45) is 0 Å². The van der Waals surface area contributed by atoms with Crippen molar-refractivity contribution in [3.05, 3.63) is 47.2 Å². The number of nitrogens with one attached hydrogen (secondary N) is 1. The van der Waals surface area contributed by atoms with E-state index in [0.717, 1.165) is 17.3 Å². The highest BCUT2D eigenvalue weighted by Crippen LogP contribution is 2.19. The van der Waals surface area contributed by atoms with Crippen molar-refractivity contribution in [2.45, 2.75) is 26.4 Å². The average molecular weight is 250 g/mol. The van der Waals surface area contributed by atoms with E-state index < -0.39 is 0 Å². The standard InChI is InChI=1S/C13H16ClN3/c1-10(2)15-9-11-4-5-12(14)8-13(11)17-7-3-6-16-17/h3-8,10,15H,9H2,1-2H3. The molecule has 0 radical (unpaired) electrons. The van der Waals surface area contributed by atoms with Crippen molar-refractivity contribution < 1.29 is 0 Å². The molecule has 0 aliphatic carbocycles. The fraction of sp³-hybridized carbons (Fsp3) is 0.308. The summed E-state index contributed by atoms with van der Waals surface area (Å²) in [7, 11) is 0. The second-order valence-corrected chi connectivity index (χ2v) is 4.70. The molecule has 0 spiro atoms. The Labute approximate surface area is 106 Å². The zero-order chi connectivity index (χ0) is 12.3. The minimum Gasteiger partial charge on any atom is -0.310 e. The highest BCUT2D eigenvalue weighted by Gasteiger charge is 2.06. The molecule has 0 unspecified atom stereocenters. The fourth-order valence-corrected chi connectivity index (χ4v) is 1.79. The van der Waals surface area contributed by atoms with E-state index in [0.29, 0.717) is 6.04 Å². The third kappa shape index (κ3) is 3.08. The summed E-state index contributed by atoms with van der Waals surface area (Å²) in [5, 5.41) is 8.37. The largest absolute Gasteiger partial charge is 0.310 e. The van der Waals surface area contributed by atoms with Gasteiger partial charge in [-0.25, -0.2) is 4.68 Å². The maximum Gasteiger partial charge on any atom is 0.0705 e. The number of hydrogen-bond acceptors (Lipinski definition) is 2. The molecule has 17 heavy (non-hydrogen) atoms. The molecule has 0 aliphatic rings. The van der Waals surface area contributed by atoms with Gasteiger partial charge in [0.1, 0.15) is 0 Å². The molecule has 1 N–H and O–H groups in total. The molecule has 1 heterocycles. The van der Waals surface area contributed by atoms with Gasteiger partial charge in [-0.15, -0.1) is 0 Å². The van der Waals surface area contributed by atoms with Gasteiger partial charge >= 0.3 is 0 Å². The maximum absolute atomic E-state index is 6.03. The molecule has 90 valence electrons. The van der Waals surface area contributed by atoms with Crippen LogP contribution in [-0.4, -0.2) is 15.8 Å². The summed E-state index contributed by atoms with van der Waals surface area (Å²) in [6.07, 6.45) is 3.69. The Kier molecular flexibility index (Phi) is 3.82. The molecule has 2 aromatic rings. The van der Waals surface area contributed by atoms with Crippen LogP contribution < -0.4 is 5.32 Å².